The number of nitrogens with zero attached hydrogens (tertiary/aromatic N) is 4. The number of hydrogen-bond acceptors (Lipinski definition) is 3. The van der Waals surface area contributed by atoms with Crippen LogP contribution in [0.25, 0.3) is 11.2 Å². The lowest BCUT2D eigenvalue weighted by molar-refractivity contribution is 0.662. The van der Waals surface area contributed by atoms with Gasteiger partial charge in [0, 0.05) is 6.20 Å². The van der Waals surface area contributed by atoms with Gasteiger partial charge in [-0.2, -0.15) is 0 Å². The lowest BCUT2D eigenvalue weighted by Crippen LogP contribution is -2.04. The first kappa shape index (κ1) is 9.96. The van der Waals surface area contributed by atoms with Crippen molar-refractivity contribution in [3.63, 3.8) is 0 Å². The minimum absolute atomic E-state index is 0.709. The van der Waals surface area contributed by atoms with Gasteiger partial charge < -0.3 is 0 Å². The Balaban J connectivity index is 2.03. The predicted octanol–water partition coefficient (Wildman–Crippen LogP) is 2.18. The normalized spacial score (nSPS) is 10.9. The molecule has 2 heterocycles. The molecular formula is C13H12N4. The zero-order valence-corrected chi connectivity index (χ0v) is 9.54. The molecular weight excluding hydrogens is 212 g/mol. The van der Waals surface area contributed by atoms with E-state index in [4.69, 9.17) is 0 Å². The smallest absolute Gasteiger partial charge is 0.178 e. The van der Waals surface area contributed by atoms with E-state index in [1.165, 1.54) is 11.1 Å². The third-order valence-corrected chi connectivity index (χ3v) is 2.85. The Morgan fingerprint density at radius 3 is 2.88 bits per heavy atom. The Labute approximate surface area is 98.9 Å². The minimum Gasteiger partial charge on any atom is -0.235 e. The first-order valence-corrected chi connectivity index (χ1v) is 5.53. The molecule has 0 aliphatic rings. The third kappa shape index (κ3) is 1.78. The molecule has 0 spiro atoms. The molecule has 0 unspecified atom stereocenters. The molecule has 1 aromatic carbocycles. The van der Waals surface area contributed by atoms with Crippen LogP contribution >= 0.6 is 0 Å². The number of rotatable bonds is 2. The van der Waals surface area contributed by atoms with Crippen molar-refractivity contribution in [3.8, 4) is 0 Å². The fourth-order valence-corrected chi connectivity index (χ4v) is 1.87. The number of pyridine rings is 1. The van der Waals surface area contributed by atoms with E-state index in [9.17, 15) is 0 Å². The highest BCUT2D eigenvalue weighted by Crippen LogP contribution is 2.12. The van der Waals surface area contributed by atoms with Gasteiger partial charge in [0.2, 0.25) is 0 Å². The van der Waals surface area contributed by atoms with Crippen LogP contribution in [0, 0.1) is 6.92 Å². The molecule has 0 fully saturated rings. The van der Waals surface area contributed by atoms with Gasteiger partial charge in [0.25, 0.3) is 0 Å². The molecule has 0 radical (unpaired) electrons. The summed E-state index contributed by atoms with van der Waals surface area (Å²) in [7, 11) is 0. The molecule has 0 amide bonds. The SMILES string of the molecule is Cc1ccccc1Cn1nnc2cccnc21. The molecule has 4 nitrogen and oxygen atoms in total. The Morgan fingerprint density at radius 2 is 2.00 bits per heavy atom. The molecule has 3 rings (SSSR count). The molecule has 0 saturated carbocycles. The van der Waals surface area contributed by atoms with Crippen LogP contribution in [0.15, 0.2) is 42.6 Å². The number of benzene rings is 1. The Hall–Kier alpha value is -2.23. The van der Waals surface area contributed by atoms with Crippen molar-refractivity contribution in [2.75, 3.05) is 0 Å². The van der Waals surface area contributed by atoms with E-state index < -0.39 is 0 Å². The lowest BCUT2D eigenvalue weighted by Gasteiger charge is -2.05. The molecule has 84 valence electrons. The van der Waals surface area contributed by atoms with Gasteiger partial charge in [-0.1, -0.05) is 29.5 Å². The number of aromatic nitrogens is 4. The minimum atomic E-state index is 0.709. The second-order valence-corrected chi connectivity index (χ2v) is 4.02. The summed E-state index contributed by atoms with van der Waals surface area (Å²) in [6, 6.07) is 12.1. The number of aryl methyl sites for hydroxylation is 1. The van der Waals surface area contributed by atoms with Crippen molar-refractivity contribution in [1.29, 1.82) is 0 Å². The molecule has 0 N–H and O–H groups in total. The zero-order valence-electron chi connectivity index (χ0n) is 9.54. The van der Waals surface area contributed by atoms with Crippen molar-refractivity contribution < 1.29 is 0 Å². The van der Waals surface area contributed by atoms with Crippen LogP contribution in [-0.2, 0) is 6.54 Å². The highest BCUT2D eigenvalue weighted by Gasteiger charge is 2.06. The van der Waals surface area contributed by atoms with E-state index in [1.807, 2.05) is 28.9 Å². The molecule has 2 aromatic heterocycles. The Bertz CT molecular complexity index is 657. The van der Waals surface area contributed by atoms with Crippen molar-refractivity contribution in [3.05, 3.63) is 53.7 Å². The predicted molar refractivity (Wildman–Crippen MR) is 65.6 cm³/mol. The first-order valence-electron chi connectivity index (χ1n) is 5.53. The summed E-state index contributed by atoms with van der Waals surface area (Å²) < 4.78 is 1.83. The lowest BCUT2D eigenvalue weighted by atomic mass is 10.1. The van der Waals surface area contributed by atoms with Crippen LogP contribution in [0.3, 0.4) is 0 Å². The average Bonchev–Trinajstić information content (AvgIpc) is 2.76. The van der Waals surface area contributed by atoms with E-state index >= 15 is 0 Å². The third-order valence-electron chi connectivity index (χ3n) is 2.85. The van der Waals surface area contributed by atoms with Gasteiger partial charge in [0.15, 0.2) is 5.65 Å². The highest BCUT2D eigenvalue weighted by atomic mass is 15.4. The largest absolute Gasteiger partial charge is 0.235 e. The van der Waals surface area contributed by atoms with E-state index in [1.54, 1.807) is 6.20 Å². The van der Waals surface area contributed by atoms with Gasteiger partial charge in [0.1, 0.15) is 5.52 Å². The maximum Gasteiger partial charge on any atom is 0.178 e. The van der Waals surface area contributed by atoms with Gasteiger partial charge >= 0.3 is 0 Å². The van der Waals surface area contributed by atoms with Crippen LogP contribution in [0.4, 0.5) is 0 Å². The van der Waals surface area contributed by atoms with Crippen LogP contribution < -0.4 is 0 Å². The zero-order chi connectivity index (χ0) is 11.7. The quantitative estimate of drug-likeness (QED) is 0.670. The second kappa shape index (κ2) is 3.97. The van der Waals surface area contributed by atoms with E-state index in [0.717, 1.165) is 11.2 Å². The first-order chi connectivity index (χ1) is 8.34. The summed E-state index contributed by atoms with van der Waals surface area (Å²) in [6.45, 7) is 2.81. The summed E-state index contributed by atoms with van der Waals surface area (Å²) in [5.41, 5.74) is 4.16. The molecule has 0 bridgehead atoms. The molecule has 4 heteroatoms. The molecule has 3 aromatic rings. The van der Waals surface area contributed by atoms with Crippen LogP contribution in [0.2, 0.25) is 0 Å². The summed E-state index contributed by atoms with van der Waals surface area (Å²) >= 11 is 0. The monoisotopic (exact) mass is 224 g/mol. The van der Waals surface area contributed by atoms with E-state index in [-0.39, 0.29) is 0 Å². The molecule has 17 heavy (non-hydrogen) atoms. The van der Waals surface area contributed by atoms with Crippen molar-refractivity contribution in [2.45, 2.75) is 13.5 Å². The van der Waals surface area contributed by atoms with Gasteiger partial charge in [-0.15, -0.1) is 5.10 Å². The standard InChI is InChI=1S/C13H12N4/c1-10-5-2-3-6-11(10)9-17-13-12(15-16-17)7-4-8-14-13/h2-8H,9H2,1H3. The van der Waals surface area contributed by atoms with E-state index in [2.05, 4.69) is 34.4 Å². The van der Waals surface area contributed by atoms with Gasteiger partial charge in [-0.25, -0.2) is 9.67 Å². The van der Waals surface area contributed by atoms with Gasteiger partial charge in [0.05, 0.1) is 6.54 Å². The number of hydrogen-bond donors (Lipinski definition) is 0. The van der Waals surface area contributed by atoms with Gasteiger partial charge in [-0.05, 0) is 30.2 Å². The topological polar surface area (TPSA) is 43.6 Å². The average molecular weight is 224 g/mol. The fraction of sp³-hybridized carbons (Fsp3) is 0.154. The van der Waals surface area contributed by atoms with Gasteiger partial charge in [-0.3, -0.25) is 0 Å². The maximum absolute atomic E-state index is 4.30. The summed E-state index contributed by atoms with van der Waals surface area (Å²) in [5.74, 6) is 0. The molecule has 0 aliphatic carbocycles. The van der Waals surface area contributed by atoms with E-state index in [0.29, 0.717) is 6.54 Å². The highest BCUT2D eigenvalue weighted by molar-refractivity contribution is 5.68. The molecule has 0 atom stereocenters. The maximum atomic E-state index is 4.30. The Morgan fingerprint density at radius 1 is 1.12 bits per heavy atom. The van der Waals surface area contributed by atoms with Crippen LogP contribution in [0.1, 0.15) is 11.1 Å². The number of fused-ring (bicyclic) bond motifs is 1. The summed E-state index contributed by atoms with van der Waals surface area (Å²) in [5, 5.41) is 8.23. The fourth-order valence-electron chi connectivity index (χ4n) is 1.87. The van der Waals surface area contributed by atoms with Crippen molar-refractivity contribution in [1.82, 2.24) is 20.0 Å². The Kier molecular flexibility index (Phi) is 2.33. The summed E-state index contributed by atoms with van der Waals surface area (Å²) in [6.07, 6.45) is 1.76. The second-order valence-electron chi connectivity index (χ2n) is 4.02. The van der Waals surface area contributed by atoms with Crippen LogP contribution in [0.5, 0.6) is 0 Å². The molecule has 0 saturated heterocycles. The summed E-state index contributed by atoms with van der Waals surface area (Å²) in [4.78, 5) is 4.30. The van der Waals surface area contributed by atoms with Crippen LogP contribution in [-0.4, -0.2) is 20.0 Å². The van der Waals surface area contributed by atoms with Crippen molar-refractivity contribution >= 4 is 11.2 Å². The van der Waals surface area contributed by atoms with Crippen molar-refractivity contribution in [2.24, 2.45) is 0 Å². The molecule has 0 aliphatic heterocycles.